The lowest BCUT2D eigenvalue weighted by atomic mass is 9.96. The molecule has 3 aromatic carbocycles. The third-order valence-corrected chi connectivity index (χ3v) is 6.05. The highest BCUT2D eigenvalue weighted by molar-refractivity contribution is 5.84. The topological polar surface area (TPSA) is 49.4 Å². The molecule has 1 N–H and O–H groups in total. The van der Waals surface area contributed by atoms with Crippen LogP contribution in [0.25, 0.3) is 11.1 Å². The first-order valence-electron chi connectivity index (χ1n) is 11.0. The Balaban J connectivity index is 1.32. The summed E-state index contributed by atoms with van der Waals surface area (Å²) in [7, 11) is 0. The largest absolute Gasteiger partial charge is 0.355 e. The molecule has 4 nitrogen and oxygen atoms in total. The van der Waals surface area contributed by atoms with Crippen LogP contribution in [0.4, 0.5) is 4.39 Å². The van der Waals surface area contributed by atoms with E-state index in [0.717, 1.165) is 11.1 Å². The number of carbonyl (C=O) groups excluding carboxylic acids is 2. The van der Waals surface area contributed by atoms with Crippen LogP contribution < -0.4 is 5.32 Å². The van der Waals surface area contributed by atoms with E-state index in [1.807, 2.05) is 65.6 Å². The molecular weight excluding hydrogens is 403 g/mol. The van der Waals surface area contributed by atoms with Crippen LogP contribution in [0, 0.1) is 11.7 Å². The third-order valence-electron chi connectivity index (χ3n) is 6.05. The number of likely N-dealkylation sites (tertiary alicyclic amines) is 1. The molecule has 164 valence electrons. The molecular formula is C27H27FN2O2. The quantitative estimate of drug-likeness (QED) is 0.588. The molecule has 0 aliphatic carbocycles. The van der Waals surface area contributed by atoms with Crippen LogP contribution in [0.15, 0.2) is 78.9 Å². The number of hydrogen-bond acceptors (Lipinski definition) is 2. The SMILES string of the molecule is CC(C(=O)NCC1CC(=O)N(Cc2ccccc2)C1)c1ccc(-c2ccccc2)c(F)c1. The summed E-state index contributed by atoms with van der Waals surface area (Å²) in [6.07, 6.45) is 0.432. The summed E-state index contributed by atoms with van der Waals surface area (Å²) in [5, 5.41) is 2.95. The van der Waals surface area contributed by atoms with Gasteiger partial charge in [-0.25, -0.2) is 4.39 Å². The monoisotopic (exact) mass is 430 g/mol. The van der Waals surface area contributed by atoms with E-state index < -0.39 is 5.92 Å². The third kappa shape index (κ3) is 5.05. The Hall–Kier alpha value is -3.47. The van der Waals surface area contributed by atoms with Crippen LogP contribution in [-0.4, -0.2) is 29.8 Å². The summed E-state index contributed by atoms with van der Waals surface area (Å²) >= 11 is 0. The van der Waals surface area contributed by atoms with E-state index in [1.165, 1.54) is 6.07 Å². The van der Waals surface area contributed by atoms with Crippen molar-refractivity contribution in [3.05, 3.63) is 95.8 Å². The Bertz CT molecular complexity index is 1090. The molecule has 0 spiro atoms. The maximum absolute atomic E-state index is 14.7. The van der Waals surface area contributed by atoms with Crippen LogP contribution in [0.2, 0.25) is 0 Å². The summed E-state index contributed by atoms with van der Waals surface area (Å²) in [4.78, 5) is 26.9. The van der Waals surface area contributed by atoms with E-state index in [1.54, 1.807) is 19.1 Å². The number of carbonyl (C=O) groups is 2. The normalized spacial score (nSPS) is 16.8. The van der Waals surface area contributed by atoms with E-state index in [4.69, 9.17) is 0 Å². The van der Waals surface area contributed by atoms with Gasteiger partial charge in [0, 0.05) is 37.5 Å². The summed E-state index contributed by atoms with van der Waals surface area (Å²) < 4.78 is 14.7. The molecule has 1 heterocycles. The first kappa shape index (κ1) is 21.8. The molecule has 0 aromatic heterocycles. The van der Waals surface area contributed by atoms with Gasteiger partial charge in [0.25, 0.3) is 0 Å². The molecule has 32 heavy (non-hydrogen) atoms. The van der Waals surface area contributed by atoms with Crippen LogP contribution in [0.3, 0.4) is 0 Å². The predicted octanol–water partition coefficient (Wildman–Crippen LogP) is 4.76. The van der Waals surface area contributed by atoms with Crippen molar-refractivity contribution >= 4 is 11.8 Å². The summed E-state index contributed by atoms with van der Waals surface area (Å²) in [6.45, 7) is 3.43. The Kier molecular flexibility index (Phi) is 6.64. The zero-order valence-electron chi connectivity index (χ0n) is 18.1. The van der Waals surface area contributed by atoms with Gasteiger partial charge >= 0.3 is 0 Å². The van der Waals surface area contributed by atoms with Crippen molar-refractivity contribution in [1.29, 1.82) is 0 Å². The molecule has 1 aliphatic rings. The average Bonchev–Trinajstić information content (AvgIpc) is 3.17. The van der Waals surface area contributed by atoms with Gasteiger partial charge in [0.2, 0.25) is 11.8 Å². The minimum absolute atomic E-state index is 0.0829. The van der Waals surface area contributed by atoms with Crippen molar-refractivity contribution in [2.24, 2.45) is 5.92 Å². The minimum atomic E-state index is -0.480. The standard InChI is InChI=1S/C27H27FN2O2/c1-19(23-12-13-24(25(28)15-23)22-10-6-3-7-11-22)27(32)29-16-21-14-26(31)30(18-21)17-20-8-4-2-5-9-20/h2-13,15,19,21H,14,16-18H2,1H3,(H,29,32). The van der Waals surface area contributed by atoms with Gasteiger partial charge in [0.05, 0.1) is 5.92 Å². The number of nitrogens with zero attached hydrogens (tertiary/aromatic N) is 1. The van der Waals surface area contributed by atoms with Crippen molar-refractivity contribution in [1.82, 2.24) is 10.2 Å². The van der Waals surface area contributed by atoms with E-state index in [2.05, 4.69) is 5.32 Å². The fraction of sp³-hybridized carbons (Fsp3) is 0.259. The average molecular weight is 431 g/mol. The van der Waals surface area contributed by atoms with Crippen molar-refractivity contribution in [3.8, 4) is 11.1 Å². The number of halogens is 1. The molecule has 4 rings (SSSR count). The molecule has 0 radical (unpaired) electrons. The Morgan fingerprint density at radius 3 is 2.44 bits per heavy atom. The fourth-order valence-electron chi connectivity index (χ4n) is 4.15. The number of hydrogen-bond donors (Lipinski definition) is 1. The molecule has 2 atom stereocenters. The van der Waals surface area contributed by atoms with Crippen LogP contribution in [0.1, 0.15) is 30.4 Å². The van der Waals surface area contributed by atoms with Crippen molar-refractivity contribution < 1.29 is 14.0 Å². The van der Waals surface area contributed by atoms with Gasteiger partial charge in [-0.05, 0) is 29.7 Å². The Morgan fingerprint density at radius 1 is 1.06 bits per heavy atom. The highest BCUT2D eigenvalue weighted by Crippen LogP contribution is 2.26. The number of rotatable bonds is 7. The van der Waals surface area contributed by atoms with Gasteiger partial charge in [0.15, 0.2) is 0 Å². The molecule has 2 amide bonds. The van der Waals surface area contributed by atoms with E-state index >= 15 is 0 Å². The van der Waals surface area contributed by atoms with Gasteiger partial charge in [-0.2, -0.15) is 0 Å². The molecule has 0 bridgehead atoms. The zero-order chi connectivity index (χ0) is 22.5. The minimum Gasteiger partial charge on any atom is -0.355 e. The molecule has 1 fully saturated rings. The maximum atomic E-state index is 14.7. The van der Waals surface area contributed by atoms with Gasteiger partial charge in [-0.15, -0.1) is 0 Å². The lowest BCUT2D eigenvalue weighted by molar-refractivity contribution is -0.128. The van der Waals surface area contributed by atoms with Crippen LogP contribution in [-0.2, 0) is 16.1 Å². The predicted molar refractivity (Wildman–Crippen MR) is 123 cm³/mol. The fourth-order valence-corrected chi connectivity index (χ4v) is 4.15. The second-order valence-electron chi connectivity index (χ2n) is 8.40. The van der Waals surface area contributed by atoms with Gasteiger partial charge in [-0.3, -0.25) is 9.59 Å². The van der Waals surface area contributed by atoms with E-state index in [9.17, 15) is 14.0 Å². The van der Waals surface area contributed by atoms with E-state index in [-0.39, 0.29) is 23.5 Å². The van der Waals surface area contributed by atoms with Gasteiger partial charge in [-0.1, -0.05) is 72.8 Å². The molecule has 1 saturated heterocycles. The lowest BCUT2D eigenvalue weighted by Crippen LogP contribution is -2.33. The lowest BCUT2D eigenvalue weighted by Gasteiger charge is -2.18. The van der Waals surface area contributed by atoms with Crippen molar-refractivity contribution in [2.75, 3.05) is 13.1 Å². The maximum Gasteiger partial charge on any atom is 0.227 e. The zero-order valence-corrected chi connectivity index (χ0v) is 18.1. The first-order valence-corrected chi connectivity index (χ1v) is 11.0. The molecule has 0 saturated carbocycles. The molecule has 5 heteroatoms. The highest BCUT2D eigenvalue weighted by atomic mass is 19.1. The van der Waals surface area contributed by atoms with Crippen molar-refractivity contribution in [2.45, 2.75) is 25.8 Å². The highest BCUT2D eigenvalue weighted by Gasteiger charge is 2.30. The smallest absolute Gasteiger partial charge is 0.227 e. The van der Waals surface area contributed by atoms with Crippen molar-refractivity contribution in [3.63, 3.8) is 0 Å². The van der Waals surface area contributed by atoms with Crippen LogP contribution in [0.5, 0.6) is 0 Å². The summed E-state index contributed by atoms with van der Waals surface area (Å²) in [5.74, 6) is -0.789. The summed E-state index contributed by atoms with van der Waals surface area (Å²) in [5.41, 5.74) is 3.05. The van der Waals surface area contributed by atoms with Gasteiger partial charge < -0.3 is 10.2 Å². The number of amides is 2. The molecule has 2 unspecified atom stereocenters. The Labute approximate surface area is 188 Å². The first-order chi connectivity index (χ1) is 15.5. The summed E-state index contributed by atoms with van der Waals surface area (Å²) in [6, 6.07) is 24.2. The number of benzene rings is 3. The van der Waals surface area contributed by atoms with Crippen LogP contribution >= 0.6 is 0 Å². The second kappa shape index (κ2) is 9.77. The second-order valence-corrected chi connectivity index (χ2v) is 8.40. The molecule has 3 aromatic rings. The van der Waals surface area contributed by atoms with E-state index in [0.29, 0.717) is 37.2 Å². The van der Waals surface area contributed by atoms with Gasteiger partial charge in [0.1, 0.15) is 5.82 Å². The number of nitrogens with one attached hydrogen (secondary N) is 1. The molecule has 1 aliphatic heterocycles. The Morgan fingerprint density at radius 2 is 1.75 bits per heavy atom.